The molecule has 3 rings (SSSR count). The average molecular weight is 227 g/mol. The van der Waals surface area contributed by atoms with Crippen LogP contribution in [-0.4, -0.2) is 28.8 Å². The van der Waals surface area contributed by atoms with E-state index in [1.165, 1.54) is 12.3 Å². The number of aromatic nitrogens is 1. The van der Waals surface area contributed by atoms with Gasteiger partial charge >= 0.3 is 5.97 Å². The third-order valence-electron chi connectivity index (χ3n) is 2.76. The molecule has 0 saturated heterocycles. The first kappa shape index (κ1) is 9.77. The number of anilines is 1. The summed E-state index contributed by atoms with van der Waals surface area (Å²) in [6.07, 6.45) is 8.65. The molecule has 0 saturated carbocycles. The van der Waals surface area contributed by atoms with Crippen molar-refractivity contribution in [2.45, 2.75) is 0 Å². The smallest absolute Gasteiger partial charge is 0.336 e. The summed E-state index contributed by atoms with van der Waals surface area (Å²) in [6, 6.07) is 1.51. The van der Waals surface area contributed by atoms with Gasteiger partial charge in [0.05, 0.1) is 24.0 Å². The fraction of sp³-hybridized carbons (Fsp3) is 0.0833. The van der Waals surface area contributed by atoms with Gasteiger partial charge in [0, 0.05) is 18.0 Å². The van der Waals surface area contributed by atoms with Crippen molar-refractivity contribution in [2.75, 3.05) is 11.4 Å². The molecule has 2 aliphatic rings. The highest BCUT2D eigenvalue weighted by Gasteiger charge is 2.23. The Kier molecular flexibility index (Phi) is 2.04. The number of hydrogen-bond acceptors (Lipinski definition) is 4. The Hall–Kier alpha value is -2.43. The molecule has 0 atom stereocenters. The van der Waals surface area contributed by atoms with Crippen molar-refractivity contribution in [1.82, 2.24) is 4.98 Å². The molecule has 0 unspecified atom stereocenters. The molecule has 0 radical (unpaired) electrons. The fourth-order valence-corrected chi connectivity index (χ4v) is 1.97. The maximum Gasteiger partial charge on any atom is 0.336 e. The van der Waals surface area contributed by atoms with Crippen molar-refractivity contribution in [1.29, 1.82) is 0 Å². The Bertz CT molecular complexity index is 587. The lowest BCUT2D eigenvalue weighted by Gasteiger charge is -2.29. The topological polar surface area (TPSA) is 65.8 Å². The zero-order valence-corrected chi connectivity index (χ0v) is 8.87. The molecule has 2 aliphatic heterocycles. The van der Waals surface area contributed by atoms with E-state index in [-0.39, 0.29) is 5.56 Å². The monoisotopic (exact) mass is 227 g/mol. The van der Waals surface area contributed by atoms with Crippen molar-refractivity contribution >= 4 is 24.1 Å². The summed E-state index contributed by atoms with van der Waals surface area (Å²) in [5.74, 6) is -0.267. The van der Waals surface area contributed by atoms with Crippen LogP contribution >= 0.6 is 0 Å². The van der Waals surface area contributed by atoms with Crippen LogP contribution in [0.2, 0.25) is 0 Å². The lowest BCUT2D eigenvalue weighted by atomic mass is 10.0. The molecule has 1 N–H and O–H groups in total. The van der Waals surface area contributed by atoms with Crippen LogP contribution in [0, 0.1) is 0 Å². The summed E-state index contributed by atoms with van der Waals surface area (Å²) in [6.45, 7) is 0.610. The van der Waals surface area contributed by atoms with Crippen molar-refractivity contribution in [3.63, 3.8) is 0 Å². The van der Waals surface area contributed by atoms with Gasteiger partial charge in [0.2, 0.25) is 0 Å². The van der Waals surface area contributed by atoms with Crippen LogP contribution in [0.3, 0.4) is 0 Å². The SMILES string of the molecule is O=C(O)c1ccnc2c1C=CC1=CN=CCN12. The van der Waals surface area contributed by atoms with Crippen molar-refractivity contribution in [2.24, 2.45) is 4.99 Å². The van der Waals surface area contributed by atoms with Gasteiger partial charge in [0.25, 0.3) is 0 Å². The van der Waals surface area contributed by atoms with E-state index in [0.717, 1.165) is 5.70 Å². The fourth-order valence-electron chi connectivity index (χ4n) is 1.97. The number of fused-ring (bicyclic) bond motifs is 3. The third kappa shape index (κ3) is 1.44. The predicted molar refractivity (Wildman–Crippen MR) is 64.2 cm³/mol. The maximum atomic E-state index is 11.1. The molecule has 1 aromatic rings. The minimum atomic E-state index is -0.939. The van der Waals surface area contributed by atoms with Gasteiger partial charge in [-0.15, -0.1) is 0 Å². The van der Waals surface area contributed by atoms with Crippen molar-refractivity contribution < 1.29 is 9.90 Å². The second kappa shape index (κ2) is 3.55. The highest BCUT2D eigenvalue weighted by atomic mass is 16.4. The minimum absolute atomic E-state index is 0.271. The molecule has 17 heavy (non-hydrogen) atoms. The number of aromatic carboxylic acids is 1. The van der Waals surface area contributed by atoms with Gasteiger partial charge in [-0.1, -0.05) is 0 Å². The molecule has 0 amide bonds. The number of carboxylic acid groups (broad SMARTS) is 1. The molecular formula is C12H9N3O2. The van der Waals surface area contributed by atoms with E-state index in [4.69, 9.17) is 5.11 Å². The van der Waals surface area contributed by atoms with Gasteiger partial charge in [-0.2, -0.15) is 0 Å². The van der Waals surface area contributed by atoms with E-state index >= 15 is 0 Å². The van der Waals surface area contributed by atoms with Gasteiger partial charge < -0.3 is 10.0 Å². The second-order valence-corrected chi connectivity index (χ2v) is 3.73. The van der Waals surface area contributed by atoms with Crippen molar-refractivity contribution in [3.05, 3.63) is 41.4 Å². The highest BCUT2D eigenvalue weighted by molar-refractivity contribution is 5.96. The third-order valence-corrected chi connectivity index (χ3v) is 2.76. The normalized spacial score (nSPS) is 16.2. The van der Waals surface area contributed by atoms with E-state index in [1.54, 1.807) is 18.5 Å². The quantitative estimate of drug-likeness (QED) is 0.790. The Morgan fingerprint density at radius 2 is 2.29 bits per heavy atom. The number of allylic oxidation sites excluding steroid dienone is 1. The summed E-state index contributed by atoms with van der Waals surface area (Å²) in [5.41, 5.74) is 1.84. The summed E-state index contributed by atoms with van der Waals surface area (Å²) < 4.78 is 0. The van der Waals surface area contributed by atoms with Crippen LogP contribution in [0.15, 0.2) is 35.2 Å². The van der Waals surface area contributed by atoms with Gasteiger partial charge in [-0.3, -0.25) is 4.99 Å². The first-order chi connectivity index (χ1) is 8.27. The number of carbonyl (C=O) groups is 1. The summed E-state index contributed by atoms with van der Waals surface area (Å²) >= 11 is 0. The Morgan fingerprint density at radius 1 is 1.41 bits per heavy atom. The van der Waals surface area contributed by atoms with E-state index in [9.17, 15) is 4.79 Å². The Morgan fingerprint density at radius 3 is 3.12 bits per heavy atom. The van der Waals surface area contributed by atoms with Gasteiger partial charge in [0.1, 0.15) is 5.82 Å². The van der Waals surface area contributed by atoms with Gasteiger partial charge in [0.15, 0.2) is 0 Å². The number of carboxylic acids is 1. The molecule has 0 aromatic carbocycles. The van der Waals surface area contributed by atoms with Crippen molar-refractivity contribution in [3.8, 4) is 0 Å². The van der Waals surface area contributed by atoms with Crippen LogP contribution < -0.4 is 4.90 Å². The maximum absolute atomic E-state index is 11.1. The van der Waals surface area contributed by atoms with Gasteiger partial charge in [-0.05, 0) is 18.2 Å². The van der Waals surface area contributed by atoms with Crippen LogP contribution in [0.1, 0.15) is 15.9 Å². The van der Waals surface area contributed by atoms with Crippen LogP contribution in [0.5, 0.6) is 0 Å². The molecule has 1 aromatic heterocycles. The highest BCUT2D eigenvalue weighted by Crippen LogP contribution is 2.31. The Balaban J connectivity index is 2.20. The van der Waals surface area contributed by atoms with E-state index in [0.29, 0.717) is 17.9 Å². The molecule has 0 spiro atoms. The minimum Gasteiger partial charge on any atom is -0.478 e. The summed E-state index contributed by atoms with van der Waals surface area (Å²) in [5, 5.41) is 9.12. The molecule has 3 heterocycles. The molecule has 0 bridgehead atoms. The zero-order chi connectivity index (χ0) is 11.8. The number of hydrogen-bond donors (Lipinski definition) is 1. The first-order valence-corrected chi connectivity index (χ1v) is 5.17. The van der Waals surface area contributed by atoms with Gasteiger partial charge in [-0.25, -0.2) is 9.78 Å². The van der Waals surface area contributed by atoms with Crippen LogP contribution in [0.25, 0.3) is 6.08 Å². The predicted octanol–water partition coefficient (Wildman–Crippen LogP) is 1.54. The standard InChI is InChI=1S/C12H9N3O2/c16-12(17)10-3-4-14-11-9(10)2-1-8-7-13-5-6-15(8)11/h1-5,7H,6H2,(H,16,17). The number of pyridine rings is 1. The lowest BCUT2D eigenvalue weighted by molar-refractivity contribution is 0.0696. The summed E-state index contributed by atoms with van der Waals surface area (Å²) in [7, 11) is 0. The van der Waals surface area contributed by atoms with E-state index < -0.39 is 5.97 Å². The van der Waals surface area contributed by atoms with E-state index in [2.05, 4.69) is 9.98 Å². The Labute approximate surface area is 97.4 Å². The number of rotatable bonds is 1. The molecule has 84 valence electrons. The molecule has 5 heteroatoms. The molecule has 0 aliphatic carbocycles. The van der Waals surface area contributed by atoms with E-state index in [1.807, 2.05) is 11.0 Å². The van der Waals surface area contributed by atoms with Crippen LogP contribution in [0.4, 0.5) is 5.82 Å². The van der Waals surface area contributed by atoms with Crippen LogP contribution in [-0.2, 0) is 0 Å². The second-order valence-electron chi connectivity index (χ2n) is 3.73. The largest absolute Gasteiger partial charge is 0.478 e. The first-order valence-electron chi connectivity index (χ1n) is 5.17. The number of aliphatic imine (C=N–C) groups is 1. The molecule has 5 nitrogen and oxygen atoms in total. The molecule has 0 fully saturated rings. The lowest BCUT2D eigenvalue weighted by Crippen LogP contribution is -2.29. The average Bonchev–Trinajstić information content (AvgIpc) is 2.37. The number of nitrogens with zero attached hydrogens (tertiary/aromatic N) is 3. The summed E-state index contributed by atoms with van der Waals surface area (Å²) in [4.78, 5) is 21.4. The molecular weight excluding hydrogens is 218 g/mol. The zero-order valence-electron chi connectivity index (χ0n) is 8.87.